The number of carbonyl (C=O) groups is 4. The zero-order valence-corrected chi connectivity index (χ0v) is 13.4. The molecule has 130 valence electrons. The van der Waals surface area contributed by atoms with Crippen molar-refractivity contribution in [1.29, 1.82) is 0 Å². The Morgan fingerprint density at radius 1 is 1.21 bits per heavy atom. The summed E-state index contributed by atoms with van der Waals surface area (Å²) in [5.41, 5.74) is 10.8. The van der Waals surface area contributed by atoms with Gasteiger partial charge in [0.1, 0.15) is 6.04 Å². The van der Waals surface area contributed by atoms with Gasteiger partial charge in [-0.2, -0.15) is 0 Å². The average Bonchev–Trinajstić information content (AvgIpc) is 2.52. The van der Waals surface area contributed by atoms with E-state index in [4.69, 9.17) is 11.5 Å². The molecule has 24 heavy (non-hydrogen) atoms. The summed E-state index contributed by atoms with van der Waals surface area (Å²) in [7, 11) is 1.42. The van der Waals surface area contributed by atoms with E-state index in [1.807, 2.05) is 0 Å². The Labute approximate surface area is 139 Å². The molecule has 0 saturated heterocycles. The van der Waals surface area contributed by atoms with Gasteiger partial charge in [-0.1, -0.05) is 6.07 Å². The third-order valence-electron chi connectivity index (χ3n) is 3.16. The van der Waals surface area contributed by atoms with Crippen LogP contribution in [0.5, 0.6) is 0 Å². The first-order valence-electron chi connectivity index (χ1n) is 7.29. The molecular formula is C15H21N5O4. The van der Waals surface area contributed by atoms with Gasteiger partial charge in [-0.25, -0.2) is 0 Å². The number of nitrogens with two attached hydrogens (primary N) is 2. The molecule has 1 aromatic heterocycles. The molecule has 0 aliphatic rings. The van der Waals surface area contributed by atoms with Crippen molar-refractivity contribution < 1.29 is 19.2 Å². The van der Waals surface area contributed by atoms with E-state index in [1.54, 1.807) is 24.5 Å². The first kappa shape index (κ1) is 19.1. The largest absolute Gasteiger partial charge is 0.370 e. The Balaban J connectivity index is 2.81. The lowest BCUT2D eigenvalue weighted by Crippen LogP contribution is -2.50. The minimum atomic E-state index is -0.904. The molecule has 0 aliphatic heterocycles. The molecule has 0 aromatic carbocycles. The predicted molar refractivity (Wildman–Crippen MR) is 85.1 cm³/mol. The molecule has 1 rings (SSSR count). The molecule has 0 bridgehead atoms. The van der Waals surface area contributed by atoms with E-state index in [2.05, 4.69) is 10.3 Å². The van der Waals surface area contributed by atoms with Gasteiger partial charge in [0.25, 0.3) is 0 Å². The summed E-state index contributed by atoms with van der Waals surface area (Å²) in [6.45, 7) is -0.264. The predicted octanol–water partition coefficient (Wildman–Crippen LogP) is -1.68. The lowest BCUT2D eigenvalue weighted by Gasteiger charge is -2.23. The topological polar surface area (TPSA) is 148 Å². The highest BCUT2D eigenvalue weighted by atomic mass is 16.2. The summed E-state index contributed by atoms with van der Waals surface area (Å²) < 4.78 is 0. The molecule has 1 heterocycles. The number of hydrogen-bond donors (Lipinski definition) is 3. The Hall–Kier alpha value is -2.97. The van der Waals surface area contributed by atoms with Gasteiger partial charge in [0, 0.05) is 38.7 Å². The van der Waals surface area contributed by atoms with Crippen LogP contribution in [0.15, 0.2) is 24.5 Å². The minimum absolute atomic E-state index is 0.114. The molecule has 0 fully saturated rings. The molecule has 1 atom stereocenters. The van der Waals surface area contributed by atoms with Crippen LogP contribution in [-0.2, 0) is 25.6 Å². The van der Waals surface area contributed by atoms with Crippen molar-refractivity contribution in [3.8, 4) is 0 Å². The number of nitrogens with zero attached hydrogens (tertiary/aromatic N) is 2. The first-order valence-corrected chi connectivity index (χ1v) is 7.29. The van der Waals surface area contributed by atoms with E-state index in [1.165, 1.54) is 7.05 Å². The van der Waals surface area contributed by atoms with E-state index >= 15 is 0 Å². The van der Waals surface area contributed by atoms with E-state index in [0.717, 1.165) is 10.5 Å². The van der Waals surface area contributed by atoms with Gasteiger partial charge in [0.05, 0.1) is 6.54 Å². The minimum Gasteiger partial charge on any atom is -0.370 e. The number of primary amides is 2. The Morgan fingerprint density at radius 3 is 2.46 bits per heavy atom. The van der Waals surface area contributed by atoms with Crippen LogP contribution in [-0.4, -0.2) is 53.1 Å². The van der Waals surface area contributed by atoms with E-state index in [-0.39, 0.29) is 25.8 Å². The monoisotopic (exact) mass is 335 g/mol. The number of pyridine rings is 1. The quantitative estimate of drug-likeness (QED) is 0.493. The summed E-state index contributed by atoms with van der Waals surface area (Å²) in [6.07, 6.45) is 3.12. The third-order valence-corrected chi connectivity index (χ3v) is 3.16. The van der Waals surface area contributed by atoms with Gasteiger partial charge in [-0.05, 0) is 11.6 Å². The molecule has 0 unspecified atom stereocenters. The number of likely N-dealkylation sites (N-methyl/N-ethyl adjacent to an activating group) is 1. The molecule has 1 aromatic rings. The number of hydrogen-bond acceptors (Lipinski definition) is 5. The fourth-order valence-corrected chi connectivity index (χ4v) is 2.04. The van der Waals surface area contributed by atoms with Crippen LogP contribution in [0, 0.1) is 0 Å². The molecule has 0 radical (unpaired) electrons. The molecule has 9 nitrogen and oxygen atoms in total. The highest BCUT2D eigenvalue weighted by Gasteiger charge is 2.25. The van der Waals surface area contributed by atoms with Crippen LogP contribution in [0.2, 0.25) is 0 Å². The van der Waals surface area contributed by atoms with Crippen molar-refractivity contribution in [1.82, 2.24) is 15.2 Å². The van der Waals surface area contributed by atoms with Crippen LogP contribution < -0.4 is 16.8 Å². The van der Waals surface area contributed by atoms with Crippen molar-refractivity contribution in [2.45, 2.75) is 25.3 Å². The van der Waals surface area contributed by atoms with E-state index in [9.17, 15) is 19.2 Å². The van der Waals surface area contributed by atoms with Gasteiger partial charge < -0.3 is 21.7 Å². The second-order valence-corrected chi connectivity index (χ2v) is 5.31. The van der Waals surface area contributed by atoms with Gasteiger partial charge in [0.15, 0.2) is 0 Å². The van der Waals surface area contributed by atoms with Crippen molar-refractivity contribution in [3.63, 3.8) is 0 Å². The molecule has 0 spiro atoms. The van der Waals surface area contributed by atoms with Crippen molar-refractivity contribution >= 4 is 23.6 Å². The Kier molecular flexibility index (Phi) is 7.34. The molecule has 9 heteroatoms. The summed E-state index contributed by atoms with van der Waals surface area (Å²) in [5, 5.41) is 2.56. The third kappa shape index (κ3) is 6.86. The maximum atomic E-state index is 12.4. The SMILES string of the molecule is CN(CC(N)=O)C(=O)[C@H](Cc1cccnc1)NC(=O)CCC(N)=O. The number of nitrogens with one attached hydrogen (secondary N) is 1. The summed E-state index contributed by atoms with van der Waals surface area (Å²) in [6, 6.07) is 2.56. The molecule has 0 saturated carbocycles. The normalized spacial score (nSPS) is 11.4. The van der Waals surface area contributed by atoms with Crippen LogP contribution in [0.3, 0.4) is 0 Å². The van der Waals surface area contributed by atoms with Crippen LogP contribution in [0.1, 0.15) is 18.4 Å². The second kappa shape index (κ2) is 9.23. The first-order chi connectivity index (χ1) is 11.3. The highest BCUT2D eigenvalue weighted by Crippen LogP contribution is 2.05. The van der Waals surface area contributed by atoms with Crippen molar-refractivity contribution in [2.75, 3.05) is 13.6 Å². The van der Waals surface area contributed by atoms with Gasteiger partial charge in [-0.3, -0.25) is 24.2 Å². The van der Waals surface area contributed by atoms with Crippen LogP contribution in [0.4, 0.5) is 0 Å². The number of amides is 4. The Bertz CT molecular complexity index is 605. The fraction of sp³-hybridized carbons (Fsp3) is 0.400. The fourth-order valence-electron chi connectivity index (χ4n) is 2.04. The van der Waals surface area contributed by atoms with Gasteiger partial charge in [0.2, 0.25) is 23.6 Å². The van der Waals surface area contributed by atoms with Gasteiger partial charge in [-0.15, -0.1) is 0 Å². The molecule has 0 aliphatic carbocycles. The summed E-state index contributed by atoms with van der Waals surface area (Å²) in [4.78, 5) is 51.2. The van der Waals surface area contributed by atoms with E-state index < -0.39 is 29.7 Å². The standard InChI is InChI=1S/C15H21N5O4/c1-20(9-13(17)22)15(24)11(7-10-3-2-6-18-8-10)19-14(23)5-4-12(16)21/h2-3,6,8,11H,4-5,7,9H2,1H3,(H2,16,21)(H2,17,22)(H,19,23)/t11-/m0/s1. The number of rotatable bonds is 9. The molecule has 5 N–H and O–H groups in total. The average molecular weight is 335 g/mol. The van der Waals surface area contributed by atoms with Crippen LogP contribution in [0.25, 0.3) is 0 Å². The lowest BCUT2D eigenvalue weighted by atomic mass is 10.1. The smallest absolute Gasteiger partial charge is 0.245 e. The Morgan fingerprint density at radius 2 is 1.92 bits per heavy atom. The zero-order valence-electron chi connectivity index (χ0n) is 13.4. The van der Waals surface area contributed by atoms with Crippen molar-refractivity contribution in [2.24, 2.45) is 11.5 Å². The molecule has 4 amide bonds. The van der Waals surface area contributed by atoms with Crippen LogP contribution >= 0.6 is 0 Å². The number of aromatic nitrogens is 1. The lowest BCUT2D eigenvalue weighted by molar-refractivity contribution is -0.137. The highest BCUT2D eigenvalue weighted by molar-refractivity contribution is 5.91. The van der Waals surface area contributed by atoms with Crippen molar-refractivity contribution in [3.05, 3.63) is 30.1 Å². The van der Waals surface area contributed by atoms with E-state index in [0.29, 0.717) is 0 Å². The summed E-state index contributed by atoms with van der Waals surface area (Å²) >= 11 is 0. The zero-order chi connectivity index (χ0) is 18.1. The maximum absolute atomic E-state index is 12.4. The second-order valence-electron chi connectivity index (χ2n) is 5.31. The maximum Gasteiger partial charge on any atom is 0.245 e. The summed E-state index contributed by atoms with van der Waals surface area (Å²) in [5.74, 6) is -2.22. The number of carbonyl (C=O) groups excluding carboxylic acids is 4. The molecular weight excluding hydrogens is 314 g/mol. The van der Waals surface area contributed by atoms with Gasteiger partial charge >= 0.3 is 0 Å².